The lowest BCUT2D eigenvalue weighted by molar-refractivity contribution is 0.0602. The average molecular weight is 303 g/mol. The van der Waals surface area contributed by atoms with Gasteiger partial charge in [0.25, 0.3) is 5.91 Å². The van der Waals surface area contributed by atoms with Crippen LogP contribution in [0.3, 0.4) is 0 Å². The maximum absolute atomic E-state index is 12.6. The molecule has 0 saturated carbocycles. The number of rotatable bonds is 7. The van der Waals surface area contributed by atoms with Gasteiger partial charge in [0.15, 0.2) is 0 Å². The van der Waals surface area contributed by atoms with Crippen LogP contribution in [0.25, 0.3) is 0 Å². The molecule has 2 heterocycles. The fourth-order valence-corrected chi connectivity index (χ4v) is 3.07. The second kappa shape index (κ2) is 8.76. The number of piperidine rings is 1. The van der Waals surface area contributed by atoms with E-state index in [1.807, 2.05) is 17.0 Å². The quantitative estimate of drug-likeness (QED) is 0.772. The van der Waals surface area contributed by atoms with Crippen LogP contribution in [0.15, 0.2) is 18.3 Å². The molecule has 0 radical (unpaired) electrons. The van der Waals surface area contributed by atoms with Crippen LogP contribution in [0, 0.1) is 0 Å². The molecule has 0 aromatic carbocycles. The number of carbonyl (C=O) groups is 1. The first kappa shape index (κ1) is 16.8. The van der Waals surface area contributed by atoms with Crippen LogP contribution in [0.1, 0.15) is 69.3 Å². The van der Waals surface area contributed by atoms with Gasteiger partial charge in [-0.1, -0.05) is 26.7 Å². The molecule has 4 heteroatoms. The zero-order valence-electron chi connectivity index (χ0n) is 14.0. The molecule has 2 rings (SSSR count). The summed E-state index contributed by atoms with van der Waals surface area (Å²) in [6.45, 7) is 6.20. The van der Waals surface area contributed by atoms with Crippen molar-refractivity contribution >= 4 is 11.6 Å². The summed E-state index contributed by atoms with van der Waals surface area (Å²) in [6, 6.07) is 4.21. The Hall–Kier alpha value is -1.58. The topological polar surface area (TPSA) is 45.2 Å². The van der Waals surface area contributed by atoms with Crippen molar-refractivity contribution in [2.45, 2.75) is 64.8 Å². The third-order valence-electron chi connectivity index (χ3n) is 4.45. The molecule has 0 aliphatic carbocycles. The first-order valence-electron chi connectivity index (χ1n) is 8.77. The zero-order valence-corrected chi connectivity index (χ0v) is 14.0. The number of anilines is 1. The van der Waals surface area contributed by atoms with Gasteiger partial charge in [-0.25, -0.2) is 4.98 Å². The van der Waals surface area contributed by atoms with Gasteiger partial charge in [-0.2, -0.15) is 0 Å². The van der Waals surface area contributed by atoms with Crippen LogP contribution in [-0.2, 0) is 0 Å². The van der Waals surface area contributed by atoms with Crippen LogP contribution in [0.4, 0.5) is 5.69 Å². The number of amides is 1. The Morgan fingerprint density at radius 3 is 2.86 bits per heavy atom. The monoisotopic (exact) mass is 303 g/mol. The summed E-state index contributed by atoms with van der Waals surface area (Å²) in [4.78, 5) is 19.0. The van der Waals surface area contributed by atoms with E-state index >= 15 is 0 Å². The maximum atomic E-state index is 12.6. The Morgan fingerprint density at radius 2 is 2.18 bits per heavy atom. The summed E-state index contributed by atoms with van der Waals surface area (Å²) in [5, 5.41) is 3.36. The van der Waals surface area contributed by atoms with Crippen LogP contribution < -0.4 is 5.32 Å². The number of unbranched alkanes of at least 4 members (excludes halogenated alkanes) is 2. The number of nitrogens with one attached hydrogen (secondary N) is 1. The van der Waals surface area contributed by atoms with E-state index in [0.717, 1.165) is 38.0 Å². The predicted molar refractivity (Wildman–Crippen MR) is 91.2 cm³/mol. The summed E-state index contributed by atoms with van der Waals surface area (Å²) in [5.74, 6) is 0.0871. The van der Waals surface area contributed by atoms with Crippen LogP contribution in [0.2, 0.25) is 0 Å². The van der Waals surface area contributed by atoms with Crippen molar-refractivity contribution in [3.63, 3.8) is 0 Å². The Kier molecular flexibility index (Phi) is 6.69. The largest absolute Gasteiger partial charge is 0.384 e. The first-order chi connectivity index (χ1) is 10.8. The molecular formula is C18H29N3O. The van der Waals surface area contributed by atoms with Crippen LogP contribution in [0.5, 0.6) is 0 Å². The number of hydrogen-bond donors (Lipinski definition) is 1. The molecule has 4 nitrogen and oxygen atoms in total. The zero-order chi connectivity index (χ0) is 15.8. The van der Waals surface area contributed by atoms with Crippen molar-refractivity contribution in [3.8, 4) is 0 Å². The molecule has 1 aromatic rings. The van der Waals surface area contributed by atoms with Gasteiger partial charge in [0.1, 0.15) is 5.69 Å². The van der Waals surface area contributed by atoms with Gasteiger partial charge in [-0.05, 0) is 44.2 Å². The smallest absolute Gasteiger partial charge is 0.272 e. The molecule has 1 atom stereocenters. The molecule has 1 aliphatic rings. The number of aromatic nitrogens is 1. The number of carbonyl (C=O) groups excluding carboxylic acids is 1. The molecule has 1 fully saturated rings. The van der Waals surface area contributed by atoms with Gasteiger partial charge >= 0.3 is 0 Å². The molecule has 0 bridgehead atoms. The Bertz CT molecular complexity index is 458. The van der Waals surface area contributed by atoms with E-state index in [0.29, 0.717) is 11.7 Å². The molecule has 1 amide bonds. The standard InChI is InChI=1S/C18H29N3O/c1-3-5-7-12-19-15-10-11-17(20-14-15)18(22)21-13-8-6-9-16(21)4-2/h10-11,14,16,19H,3-9,12-13H2,1-2H3. The molecule has 1 aromatic heterocycles. The molecule has 1 unspecified atom stereocenters. The highest BCUT2D eigenvalue weighted by Gasteiger charge is 2.26. The Balaban J connectivity index is 1.92. The van der Waals surface area contributed by atoms with E-state index in [1.54, 1.807) is 6.20 Å². The van der Waals surface area contributed by atoms with E-state index in [4.69, 9.17) is 0 Å². The molecule has 1 saturated heterocycles. The summed E-state index contributed by atoms with van der Waals surface area (Å²) in [7, 11) is 0. The number of likely N-dealkylation sites (tertiary alicyclic amines) is 1. The SMILES string of the molecule is CCCCCNc1ccc(C(=O)N2CCCCC2CC)nc1. The number of pyridine rings is 1. The summed E-state index contributed by atoms with van der Waals surface area (Å²) in [6.07, 6.45) is 9.91. The van der Waals surface area contributed by atoms with Crippen LogP contribution in [-0.4, -0.2) is 34.9 Å². The first-order valence-corrected chi connectivity index (χ1v) is 8.77. The Morgan fingerprint density at radius 1 is 1.32 bits per heavy atom. The third-order valence-corrected chi connectivity index (χ3v) is 4.45. The van der Waals surface area contributed by atoms with Crippen LogP contribution >= 0.6 is 0 Å². The van der Waals surface area contributed by atoms with Gasteiger partial charge in [-0.15, -0.1) is 0 Å². The molecule has 22 heavy (non-hydrogen) atoms. The van der Waals surface area contributed by atoms with E-state index in [-0.39, 0.29) is 5.91 Å². The van der Waals surface area contributed by atoms with E-state index < -0.39 is 0 Å². The highest BCUT2D eigenvalue weighted by Crippen LogP contribution is 2.21. The van der Waals surface area contributed by atoms with Gasteiger partial charge in [-0.3, -0.25) is 4.79 Å². The summed E-state index contributed by atoms with van der Waals surface area (Å²) < 4.78 is 0. The van der Waals surface area contributed by atoms with Crippen molar-refractivity contribution in [1.82, 2.24) is 9.88 Å². The van der Waals surface area contributed by atoms with E-state index in [1.165, 1.54) is 25.7 Å². The molecule has 0 spiro atoms. The second-order valence-electron chi connectivity index (χ2n) is 6.12. The highest BCUT2D eigenvalue weighted by molar-refractivity contribution is 5.92. The fraction of sp³-hybridized carbons (Fsp3) is 0.667. The molecule has 1 N–H and O–H groups in total. The van der Waals surface area contributed by atoms with Gasteiger partial charge in [0.05, 0.1) is 11.9 Å². The maximum Gasteiger partial charge on any atom is 0.272 e. The number of hydrogen-bond acceptors (Lipinski definition) is 3. The number of nitrogens with zero attached hydrogens (tertiary/aromatic N) is 2. The molecule has 122 valence electrons. The third kappa shape index (κ3) is 4.46. The van der Waals surface area contributed by atoms with Crippen molar-refractivity contribution < 1.29 is 4.79 Å². The predicted octanol–water partition coefficient (Wildman–Crippen LogP) is 4.09. The molecular weight excluding hydrogens is 274 g/mol. The molecule has 1 aliphatic heterocycles. The lowest BCUT2D eigenvalue weighted by Gasteiger charge is -2.35. The van der Waals surface area contributed by atoms with Gasteiger partial charge in [0, 0.05) is 19.1 Å². The van der Waals surface area contributed by atoms with E-state index in [9.17, 15) is 4.79 Å². The normalized spacial score (nSPS) is 18.3. The lowest BCUT2D eigenvalue weighted by Crippen LogP contribution is -2.43. The lowest BCUT2D eigenvalue weighted by atomic mass is 9.99. The van der Waals surface area contributed by atoms with Crippen molar-refractivity contribution in [2.75, 3.05) is 18.4 Å². The van der Waals surface area contributed by atoms with Crippen molar-refractivity contribution in [2.24, 2.45) is 0 Å². The minimum absolute atomic E-state index is 0.0871. The summed E-state index contributed by atoms with van der Waals surface area (Å²) >= 11 is 0. The van der Waals surface area contributed by atoms with Crippen molar-refractivity contribution in [3.05, 3.63) is 24.0 Å². The minimum Gasteiger partial charge on any atom is -0.384 e. The highest BCUT2D eigenvalue weighted by atomic mass is 16.2. The van der Waals surface area contributed by atoms with E-state index in [2.05, 4.69) is 24.1 Å². The minimum atomic E-state index is 0.0871. The van der Waals surface area contributed by atoms with Gasteiger partial charge < -0.3 is 10.2 Å². The average Bonchev–Trinajstić information content (AvgIpc) is 2.58. The van der Waals surface area contributed by atoms with Crippen molar-refractivity contribution in [1.29, 1.82) is 0 Å². The summed E-state index contributed by atoms with van der Waals surface area (Å²) in [5.41, 5.74) is 1.57. The Labute approximate surface area is 134 Å². The van der Waals surface area contributed by atoms with Gasteiger partial charge in [0.2, 0.25) is 0 Å². The second-order valence-corrected chi connectivity index (χ2v) is 6.12. The fourth-order valence-electron chi connectivity index (χ4n) is 3.07.